The predicted octanol–water partition coefficient (Wildman–Crippen LogP) is 7.15. The molecule has 2 aliphatic heterocycles. The molecule has 3 aliphatic rings. The summed E-state index contributed by atoms with van der Waals surface area (Å²) in [6.07, 6.45) is 7.98. The van der Waals surface area contributed by atoms with Gasteiger partial charge < -0.3 is 19.0 Å². The number of aromatic nitrogens is 2. The van der Waals surface area contributed by atoms with Crippen LogP contribution < -0.4 is 4.74 Å². The molecule has 0 N–H and O–H groups in total. The maximum absolute atomic E-state index is 14.7. The number of aryl methyl sites for hydroxylation is 2. The van der Waals surface area contributed by atoms with Crippen LogP contribution in [0.15, 0.2) is 71.8 Å². The van der Waals surface area contributed by atoms with Crippen molar-refractivity contribution in [2.24, 2.45) is 5.16 Å². The summed E-state index contributed by atoms with van der Waals surface area (Å²) in [5.74, 6) is -3.26. The summed E-state index contributed by atoms with van der Waals surface area (Å²) in [5, 5.41) is 4.61. The highest BCUT2D eigenvalue weighted by molar-refractivity contribution is 6.03. The fourth-order valence-electron chi connectivity index (χ4n) is 6.72. The second-order valence-electron chi connectivity index (χ2n) is 11.2. The van der Waals surface area contributed by atoms with Gasteiger partial charge in [-0.15, -0.1) is 0 Å². The van der Waals surface area contributed by atoms with Crippen LogP contribution in [0.5, 0.6) is 5.75 Å². The van der Waals surface area contributed by atoms with Crippen LogP contribution in [0.2, 0.25) is 0 Å². The monoisotopic (exact) mass is 588 g/mol. The molecule has 0 saturated carbocycles. The Bertz CT molecular complexity index is 1790. The number of piperidine rings is 1. The third-order valence-corrected chi connectivity index (χ3v) is 8.60. The Morgan fingerprint density at radius 2 is 1.84 bits per heavy atom. The minimum Gasteiger partial charge on any atom is -0.495 e. The number of imidazole rings is 1. The van der Waals surface area contributed by atoms with Gasteiger partial charge in [0.1, 0.15) is 17.6 Å². The molecule has 1 fully saturated rings. The number of fused-ring (bicyclic) bond motifs is 3. The molecule has 43 heavy (non-hydrogen) atoms. The minimum atomic E-state index is -1.53. The maximum Gasteiger partial charge on any atom is 0.194 e. The molecule has 0 radical (unpaired) electrons. The van der Waals surface area contributed by atoms with E-state index in [-0.39, 0.29) is 11.4 Å². The normalized spacial score (nSPS) is 21.9. The van der Waals surface area contributed by atoms with Crippen LogP contribution in [-0.4, -0.2) is 33.9 Å². The molecule has 4 aromatic rings. The smallest absolute Gasteiger partial charge is 0.194 e. The van der Waals surface area contributed by atoms with Gasteiger partial charge in [-0.2, -0.15) is 0 Å². The third-order valence-electron chi connectivity index (χ3n) is 8.60. The van der Waals surface area contributed by atoms with E-state index in [4.69, 9.17) is 9.57 Å². The minimum absolute atomic E-state index is 0.226. The zero-order chi connectivity index (χ0) is 29.9. The molecule has 7 rings (SSSR count). The van der Waals surface area contributed by atoms with Crippen LogP contribution in [0.1, 0.15) is 53.3 Å². The highest BCUT2D eigenvalue weighted by Crippen LogP contribution is 2.54. The zero-order valence-electron chi connectivity index (χ0n) is 23.6. The molecule has 220 valence electrons. The van der Waals surface area contributed by atoms with Crippen molar-refractivity contribution < 1.29 is 27.1 Å². The SMILES string of the molecule is COc1cc(/C=C2\CCCN3C2=NOC2(CCc4cc(F)ccc42)[C@@H]3c2cc(F)c(F)c(F)c2)ccc1-n1cnc(C)c1. The van der Waals surface area contributed by atoms with Crippen molar-refractivity contribution in [3.05, 3.63) is 118 Å². The number of ether oxygens (including phenoxy) is 1. The number of hydrogen-bond donors (Lipinski definition) is 0. The molecule has 1 aromatic heterocycles. The van der Waals surface area contributed by atoms with E-state index in [1.165, 1.54) is 12.1 Å². The molecule has 1 saturated heterocycles. The summed E-state index contributed by atoms with van der Waals surface area (Å²) in [5.41, 5.74) is 4.01. The summed E-state index contributed by atoms with van der Waals surface area (Å²) in [6.45, 7) is 2.45. The van der Waals surface area contributed by atoms with Crippen molar-refractivity contribution in [2.45, 2.75) is 44.2 Å². The van der Waals surface area contributed by atoms with Gasteiger partial charge in [0.15, 0.2) is 28.9 Å². The second kappa shape index (κ2) is 10.3. The topological polar surface area (TPSA) is 51.9 Å². The second-order valence-corrected chi connectivity index (χ2v) is 11.2. The largest absolute Gasteiger partial charge is 0.495 e. The van der Waals surface area contributed by atoms with Crippen LogP contribution in [0.3, 0.4) is 0 Å². The van der Waals surface area contributed by atoms with E-state index in [2.05, 4.69) is 10.1 Å². The Balaban J connectivity index is 1.33. The summed E-state index contributed by atoms with van der Waals surface area (Å²) in [4.78, 5) is 12.6. The van der Waals surface area contributed by atoms with Gasteiger partial charge in [0.05, 0.1) is 24.8 Å². The van der Waals surface area contributed by atoms with Crippen molar-refractivity contribution in [1.29, 1.82) is 0 Å². The van der Waals surface area contributed by atoms with Crippen molar-refractivity contribution in [2.75, 3.05) is 13.7 Å². The first-order valence-electron chi connectivity index (χ1n) is 14.1. The van der Waals surface area contributed by atoms with Crippen LogP contribution in [-0.2, 0) is 16.9 Å². The fourth-order valence-corrected chi connectivity index (χ4v) is 6.72. The van der Waals surface area contributed by atoms with Crippen molar-refractivity contribution >= 4 is 11.9 Å². The molecule has 10 heteroatoms. The Hall–Kier alpha value is -4.60. The lowest BCUT2D eigenvalue weighted by Gasteiger charge is -2.49. The standard InChI is InChI=1S/C33H28F4N4O2/c1-19-17-40(18-38-19)28-8-5-20(13-29(28)42-2)12-22-4-3-11-41-31(23-15-26(35)30(37)27(36)16-23)33(43-39-32(22)41)10-9-21-14-24(34)6-7-25(21)33/h5-8,12-18,31H,3-4,9-11H2,1-2H3/b22-12+/t31-,33?/m0/s1. The lowest BCUT2D eigenvalue weighted by Crippen LogP contribution is -2.52. The molecule has 3 heterocycles. The van der Waals surface area contributed by atoms with Gasteiger partial charge in [0, 0.05) is 24.7 Å². The van der Waals surface area contributed by atoms with E-state index in [9.17, 15) is 17.6 Å². The van der Waals surface area contributed by atoms with E-state index in [0.717, 1.165) is 46.6 Å². The summed E-state index contributed by atoms with van der Waals surface area (Å²) < 4.78 is 65.1. The van der Waals surface area contributed by atoms with Crippen LogP contribution >= 0.6 is 0 Å². The van der Waals surface area contributed by atoms with Gasteiger partial charge in [0.25, 0.3) is 0 Å². The molecule has 1 spiro atoms. The van der Waals surface area contributed by atoms with Crippen LogP contribution in [0.25, 0.3) is 11.8 Å². The first-order valence-corrected chi connectivity index (χ1v) is 14.1. The third kappa shape index (κ3) is 4.47. The first-order chi connectivity index (χ1) is 20.8. The molecule has 3 aromatic carbocycles. The Labute approximate surface area is 245 Å². The van der Waals surface area contributed by atoms with Crippen molar-refractivity contribution in [1.82, 2.24) is 14.5 Å². The number of amidine groups is 1. The number of nitrogens with zero attached hydrogens (tertiary/aromatic N) is 4. The van der Waals surface area contributed by atoms with E-state index < -0.39 is 29.1 Å². The van der Waals surface area contributed by atoms with Gasteiger partial charge in [-0.25, -0.2) is 22.5 Å². The van der Waals surface area contributed by atoms with Gasteiger partial charge in [0.2, 0.25) is 0 Å². The first kappa shape index (κ1) is 27.2. The quantitative estimate of drug-likeness (QED) is 0.188. The van der Waals surface area contributed by atoms with Gasteiger partial charge >= 0.3 is 0 Å². The molecule has 0 bridgehead atoms. The molecule has 1 aliphatic carbocycles. The highest BCUT2D eigenvalue weighted by atomic mass is 19.2. The zero-order valence-corrected chi connectivity index (χ0v) is 23.6. The van der Waals surface area contributed by atoms with E-state index in [0.29, 0.717) is 43.0 Å². The lowest BCUT2D eigenvalue weighted by atomic mass is 9.80. The van der Waals surface area contributed by atoms with E-state index >= 15 is 0 Å². The number of hydrogen-bond acceptors (Lipinski definition) is 5. The van der Waals surface area contributed by atoms with Gasteiger partial charge in [-0.05, 0) is 90.9 Å². The fraction of sp³-hybridized carbons (Fsp3) is 0.273. The van der Waals surface area contributed by atoms with Gasteiger partial charge in [-0.3, -0.25) is 0 Å². The highest BCUT2D eigenvalue weighted by Gasteiger charge is 2.55. The molecular weight excluding hydrogens is 560 g/mol. The lowest BCUT2D eigenvalue weighted by molar-refractivity contribution is -0.117. The Morgan fingerprint density at radius 3 is 2.58 bits per heavy atom. The van der Waals surface area contributed by atoms with Gasteiger partial charge in [-0.1, -0.05) is 17.3 Å². The summed E-state index contributed by atoms with van der Waals surface area (Å²) in [6, 6.07) is 11.6. The molecule has 2 atom stereocenters. The molecule has 0 amide bonds. The van der Waals surface area contributed by atoms with Crippen molar-refractivity contribution in [3.63, 3.8) is 0 Å². The van der Waals surface area contributed by atoms with E-state index in [1.54, 1.807) is 19.5 Å². The number of benzene rings is 3. The maximum atomic E-state index is 14.7. The molecule has 6 nitrogen and oxygen atoms in total. The molecule has 1 unspecified atom stereocenters. The predicted molar refractivity (Wildman–Crippen MR) is 153 cm³/mol. The summed E-state index contributed by atoms with van der Waals surface area (Å²) >= 11 is 0. The van der Waals surface area contributed by atoms with Crippen molar-refractivity contribution in [3.8, 4) is 11.4 Å². The summed E-state index contributed by atoms with van der Waals surface area (Å²) in [7, 11) is 1.61. The number of oxime groups is 1. The Morgan fingerprint density at radius 1 is 1.02 bits per heavy atom. The average molecular weight is 589 g/mol. The number of rotatable bonds is 4. The molecular formula is C33H28F4N4O2. The number of methoxy groups -OCH3 is 1. The Kier molecular flexibility index (Phi) is 6.52. The van der Waals surface area contributed by atoms with E-state index in [1.807, 2.05) is 46.9 Å². The van der Waals surface area contributed by atoms with Crippen LogP contribution in [0, 0.1) is 30.2 Å². The van der Waals surface area contributed by atoms with Crippen LogP contribution in [0.4, 0.5) is 17.6 Å². The average Bonchev–Trinajstić information content (AvgIpc) is 3.59. The number of halogens is 4.